The number of aliphatic hydroxyl groups excluding tert-OH is 1. The van der Waals surface area contributed by atoms with Gasteiger partial charge >= 0.3 is 12.4 Å². The summed E-state index contributed by atoms with van der Waals surface area (Å²) < 4.78 is 88.7. The molecule has 0 fully saturated rings. The van der Waals surface area contributed by atoms with Gasteiger partial charge in [-0.3, -0.25) is 0 Å². The molecule has 0 spiro atoms. The molecule has 0 saturated carbocycles. The molecule has 9 heteroatoms. The van der Waals surface area contributed by atoms with E-state index in [4.69, 9.17) is 4.74 Å². The molecule has 198 valence electrons. The van der Waals surface area contributed by atoms with Gasteiger partial charge < -0.3 is 14.7 Å². The lowest BCUT2D eigenvalue weighted by atomic mass is 9.94. The molecule has 1 N–H and O–H groups in total. The van der Waals surface area contributed by atoms with Gasteiger partial charge in [-0.2, -0.15) is 26.3 Å². The number of rotatable bonds is 8. The second-order valence-corrected chi connectivity index (χ2v) is 8.55. The summed E-state index contributed by atoms with van der Waals surface area (Å²) >= 11 is 0. The van der Waals surface area contributed by atoms with Gasteiger partial charge in [0, 0.05) is 18.3 Å². The molecule has 1 atom stereocenters. The molecule has 4 rings (SSSR count). The number of hydrogen-bond donors (Lipinski definition) is 1. The van der Waals surface area contributed by atoms with E-state index >= 15 is 0 Å². The van der Waals surface area contributed by atoms with Crippen LogP contribution in [-0.4, -0.2) is 23.9 Å². The Bertz CT molecular complexity index is 1340. The fourth-order valence-corrected chi connectivity index (χ4v) is 4.07. The highest BCUT2D eigenvalue weighted by Gasteiger charge is 2.40. The van der Waals surface area contributed by atoms with E-state index in [0.717, 1.165) is 4.90 Å². The summed E-state index contributed by atoms with van der Waals surface area (Å²) in [5, 5.41) is 9.84. The molecule has 3 nitrogen and oxygen atoms in total. The molecule has 0 aliphatic rings. The van der Waals surface area contributed by atoms with E-state index in [9.17, 15) is 31.4 Å². The third-order valence-corrected chi connectivity index (χ3v) is 5.81. The first-order valence-electron chi connectivity index (χ1n) is 11.6. The van der Waals surface area contributed by atoms with Crippen molar-refractivity contribution in [2.75, 3.05) is 11.4 Å². The minimum Gasteiger partial charge on any atom is -0.457 e. The second kappa shape index (κ2) is 11.2. The number of halogens is 6. The van der Waals surface area contributed by atoms with Crippen LogP contribution in [0.3, 0.4) is 0 Å². The zero-order chi connectivity index (χ0) is 27.3. The van der Waals surface area contributed by atoms with Crippen LogP contribution in [0, 0.1) is 0 Å². The Morgan fingerprint density at radius 1 is 0.711 bits per heavy atom. The van der Waals surface area contributed by atoms with Gasteiger partial charge in [-0.05, 0) is 41.0 Å². The number of alkyl halides is 6. The van der Waals surface area contributed by atoms with Crippen molar-refractivity contribution in [1.29, 1.82) is 0 Å². The second-order valence-electron chi connectivity index (χ2n) is 8.55. The molecule has 4 aromatic carbocycles. The fourth-order valence-electron chi connectivity index (χ4n) is 4.07. The minimum absolute atomic E-state index is 0.0897. The van der Waals surface area contributed by atoms with E-state index in [1.165, 1.54) is 48.5 Å². The van der Waals surface area contributed by atoms with Crippen LogP contribution in [0.5, 0.6) is 11.5 Å². The summed E-state index contributed by atoms with van der Waals surface area (Å²) in [6.45, 7) is -1.53. The standard InChI is InChI=1S/C29H23F6NO2/c30-28(31,32)26(37)19-36(22-12-8-15-24(17-22)38-23-13-5-2-6-14-23)18-21-11-7-16-25(27(21)29(33,34)35)20-9-3-1-4-10-20/h1-17,26,37H,18-19H2. The van der Waals surface area contributed by atoms with Gasteiger partial charge in [0.25, 0.3) is 0 Å². The topological polar surface area (TPSA) is 32.7 Å². The third-order valence-electron chi connectivity index (χ3n) is 5.81. The summed E-state index contributed by atoms with van der Waals surface area (Å²) in [5.41, 5.74) is -0.799. The van der Waals surface area contributed by atoms with Crippen LogP contribution in [0.25, 0.3) is 11.1 Å². The molecule has 4 aromatic rings. The van der Waals surface area contributed by atoms with Gasteiger partial charge in [-0.15, -0.1) is 0 Å². The van der Waals surface area contributed by atoms with Crippen molar-refractivity contribution in [2.45, 2.75) is 25.0 Å². The Morgan fingerprint density at radius 3 is 1.95 bits per heavy atom. The van der Waals surface area contributed by atoms with Crippen LogP contribution in [0.15, 0.2) is 103 Å². The molecule has 0 aliphatic heterocycles. The normalized spacial score (nSPS) is 12.7. The first-order valence-corrected chi connectivity index (χ1v) is 11.6. The summed E-state index contributed by atoms with van der Waals surface area (Å²) in [4.78, 5) is 1.06. The van der Waals surface area contributed by atoms with Crippen molar-refractivity contribution in [1.82, 2.24) is 0 Å². The maximum absolute atomic E-state index is 14.3. The van der Waals surface area contributed by atoms with Crippen LogP contribution < -0.4 is 9.64 Å². The molecular formula is C29H23F6NO2. The SMILES string of the molecule is OC(CN(Cc1cccc(-c2ccccc2)c1C(F)(F)F)c1cccc(Oc2ccccc2)c1)C(F)(F)F. The summed E-state index contributed by atoms with van der Waals surface area (Å²) in [5.74, 6) is 0.746. The highest BCUT2D eigenvalue weighted by molar-refractivity contribution is 5.70. The maximum Gasteiger partial charge on any atom is 0.417 e. The van der Waals surface area contributed by atoms with Crippen molar-refractivity contribution in [3.8, 4) is 22.6 Å². The van der Waals surface area contributed by atoms with E-state index in [2.05, 4.69) is 0 Å². The van der Waals surface area contributed by atoms with Crippen LogP contribution in [0.4, 0.5) is 32.0 Å². The van der Waals surface area contributed by atoms with Gasteiger partial charge in [-0.25, -0.2) is 0 Å². The number of nitrogens with zero attached hydrogens (tertiary/aromatic N) is 1. The Morgan fingerprint density at radius 2 is 1.32 bits per heavy atom. The molecule has 0 bridgehead atoms. The average molecular weight is 531 g/mol. The molecule has 0 aliphatic carbocycles. The lowest BCUT2D eigenvalue weighted by Gasteiger charge is -2.30. The highest BCUT2D eigenvalue weighted by Crippen LogP contribution is 2.40. The van der Waals surface area contributed by atoms with Gasteiger partial charge in [-0.1, -0.05) is 72.8 Å². The Hall–Kier alpha value is -3.98. The van der Waals surface area contributed by atoms with E-state index in [1.54, 1.807) is 54.6 Å². The van der Waals surface area contributed by atoms with E-state index in [0.29, 0.717) is 11.3 Å². The Balaban J connectivity index is 1.76. The molecule has 1 unspecified atom stereocenters. The lowest BCUT2D eigenvalue weighted by Crippen LogP contribution is -2.41. The van der Waals surface area contributed by atoms with Crippen molar-refractivity contribution >= 4 is 5.69 Å². The third kappa shape index (κ3) is 6.66. The Kier molecular flexibility index (Phi) is 7.97. The van der Waals surface area contributed by atoms with E-state index < -0.39 is 37.1 Å². The predicted octanol–water partition coefficient (Wildman–Crippen LogP) is 8.09. The van der Waals surface area contributed by atoms with E-state index in [1.807, 2.05) is 0 Å². The van der Waals surface area contributed by atoms with Crippen molar-refractivity contribution < 1.29 is 36.2 Å². The molecule has 0 aromatic heterocycles. The quantitative estimate of drug-likeness (QED) is 0.233. The highest BCUT2D eigenvalue weighted by atomic mass is 19.4. The van der Waals surface area contributed by atoms with Crippen molar-refractivity contribution in [2.24, 2.45) is 0 Å². The van der Waals surface area contributed by atoms with Gasteiger partial charge in [0.15, 0.2) is 6.10 Å². The number of benzene rings is 4. The average Bonchev–Trinajstić information content (AvgIpc) is 2.88. The first kappa shape index (κ1) is 27.1. The number of para-hydroxylation sites is 1. The lowest BCUT2D eigenvalue weighted by molar-refractivity contribution is -0.200. The first-order chi connectivity index (χ1) is 18.0. The molecule has 0 saturated heterocycles. The summed E-state index contributed by atoms with van der Waals surface area (Å²) in [7, 11) is 0. The minimum atomic E-state index is -4.96. The number of aliphatic hydroxyl groups is 1. The number of ether oxygens (including phenoxy) is 1. The predicted molar refractivity (Wildman–Crippen MR) is 133 cm³/mol. The van der Waals surface area contributed by atoms with Gasteiger partial charge in [0.2, 0.25) is 0 Å². The van der Waals surface area contributed by atoms with Crippen LogP contribution in [0.2, 0.25) is 0 Å². The van der Waals surface area contributed by atoms with Crippen LogP contribution in [-0.2, 0) is 12.7 Å². The summed E-state index contributed by atoms with van der Waals surface area (Å²) in [6, 6.07) is 26.5. The zero-order valence-electron chi connectivity index (χ0n) is 19.9. The van der Waals surface area contributed by atoms with Crippen molar-refractivity contribution in [3.05, 3.63) is 114 Å². The maximum atomic E-state index is 14.3. The van der Waals surface area contributed by atoms with Crippen LogP contribution in [0.1, 0.15) is 11.1 Å². The smallest absolute Gasteiger partial charge is 0.417 e. The monoisotopic (exact) mass is 531 g/mol. The molecule has 0 radical (unpaired) electrons. The van der Waals surface area contributed by atoms with Crippen LogP contribution >= 0.6 is 0 Å². The molecule has 0 heterocycles. The van der Waals surface area contributed by atoms with Crippen molar-refractivity contribution in [3.63, 3.8) is 0 Å². The fraction of sp³-hybridized carbons (Fsp3) is 0.172. The number of hydrogen-bond acceptors (Lipinski definition) is 3. The molecule has 0 amide bonds. The number of anilines is 1. The Labute approximate surface area is 215 Å². The van der Waals surface area contributed by atoms with Gasteiger partial charge in [0.05, 0.1) is 12.1 Å². The van der Waals surface area contributed by atoms with E-state index in [-0.39, 0.29) is 22.6 Å². The van der Waals surface area contributed by atoms with Gasteiger partial charge in [0.1, 0.15) is 11.5 Å². The zero-order valence-corrected chi connectivity index (χ0v) is 19.9. The summed E-state index contributed by atoms with van der Waals surface area (Å²) in [6.07, 6.45) is -12.5. The molecular weight excluding hydrogens is 508 g/mol. The molecule has 38 heavy (non-hydrogen) atoms. The largest absolute Gasteiger partial charge is 0.457 e.